The molecule has 0 aromatic rings. The molecule has 1 N–H and O–H groups in total. The molecule has 19 heavy (non-hydrogen) atoms. The van der Waals surface area contributed by atoms with Gasteiger partial charge in [0.1, 0.15) is 0 Å². The maximum absolute atomic E-state index is 5.69. The van der Waals surface area contributed by atoms with E-state index in [1.54, 1.807) is 0 Å². The van der Waals surface area contributed by atoms with E-state index in [-0.39, 0.29) is 0 Å². The van der Waals surface area contributed by atoms with Crippen molar-refractivity contribution in [2.45, 2.75) is 45.2 Å². The van der Waals surface area contributed by atoms with Gasteiger partial charge in [-0.1, -0.05) is 6.92 Å². The molecule has 2 atom stereocenters. The van der Waals surface area contributed by atoms with Crippen LogP contribution in [0.15, 0.2) is 0 Å². The molecule has 1 heterocycles. The molecule has 0 bridgehead atoms. The van der Waals surface area contributed by atoms with Gasteiger partial charge in [0.25, 0.3) is 0 Å². The van der Waals surface area contributed by atoms with Gasteiger partial charge in [0, 0.05) is 25.2 Å². The quantitative estimate of drug-likeness (QED) is 0.642. The lowest BCUT2D eigenvalue weighted by Gasteiger charge is -2.38. The molecule has 2 unspecified atom stereocenters. The molecule has 0 amide bonds. The summed E-state index contributed by atoms with van der Waals surface area (Å²) >= 11 is 0. The number of hydrogen-bond donors (Lipinski definition) is 1. The predicted molar refractivity (Wildman–Crippen MR) is 81.7 cm³/mol. The summed E-state index contributed by atoms with van der Waals surface area (Å²) in [6.07, 6.45) is 3.79. The highest BCUT2D eigenvalue weighted by Crippen LogP contribution is 2.16. The average Bonchev–Trinajstić information content (AvgIpc) is 2.37. The Morgan fingerprint density at radius 1 is 1.32 bits per heavy atom. The van der Waals surface area contributed by atoms with E-state index in [0.717, 1.165) is 38.9 Å². The number of likely N-dealkylation sites (N-methyl/N-ethyl adjacent to an activating group) is 1. The Bertz CT molecular complexity index is 223. The fourth-order valence-electron chi connectivity index (χ4n) is 2.62. The van der Waals surface area contributed by atoms with E-state index >= 15 is 0 Å². The minimum absolute atomic E-state index is 0.681. The van der Waals surface area contributed by atoms with Crippen LogP contribution in [0, 0.1) is 0 Å². The first-order valence-corrected chi connectivity index (χ1v) is 7.83. The van der Waals surface area contributed by atoms with Crippen molar-refractivity contribution in [3.8, 4) is 0 Å². The van der Waals surface area contributed by atoms with Crippen LogP contribution in [0.1, 0.15) is 33.1 Å². The number of hydrogen-bond acceptors (Lipinski definition) is 4. The molecule has 1 saturated heterocycles. The van der Waals surface area contributed by atoms with Crippen molar-refractivity contribution >= 4 is 0 Å². The molecule has 1 fully saturated rings. The maximum Gasteiger partial charge on any atom is 0.0594 e. The van der Waals surface area contributed by atoms with E-state index in [4.69, 9.17) is 4.74 Å². The second-order valence-electron chi connectivity index (χ2n) is 5.98. The third-order valence-electron chi connectivity index (χ3n) is 3.90. The molecule has 114 valence electrons. The van der Waals surface area contributed by atoms with Gasteiger partial charge in [-0.05, 0) is 53.4 Å². The largest absolute Gasteiger partial charge is 0.379 e. The normalized spacial score (nSPS) is 25.1. The van der Waals surface area contributed by atoms with Crippen LogP contribution in [-0.2, 0) is 4.74 Å². The van der Waals surface area contributed by atoms with Crippen LogP contribution in [0.2, 0.25) is 0 Å². The lowest BCUT2D eigenvalue weighted by molar-refractivity contribution is 0.0631. The van der Waals surface area contributed by atoms with Gasteiger partial charge in [-0.25, -0.2) is 0 Å². The number of rotatable bonds is 9. The van der Waals surface area contributed by atoms with Crippen LogP contribution >= 0.6 is 0 Å². The molecular formula is C15H33N3O. The number of ether oxygens (including phenoxy) is 1. The Kier molecular flexibility index (Phi) is 8.62. The lowest BCUT2D eigenvalue weighted by atomic mass is 9.98. The van der Waals surface area contributed by atoms with E-state index in [1.807, 2.05) is 0 Å². The molecule has 0 spiro atoms. The lowest BCUT2D eigenvalue weighted by Crippen LogP contribution is -2.48. The van der Waals surface area contributed by atoms with Crippen LogP contribution in [0.4, 0.5) is 0 Å². The summed E-state index contributed by atoms with van der Waals surface area (Å²) in [6.45, 7) is 10.7. The van der Waals surface area contributed by atoms with Crippen LogP contribution in [0.25, 0.3) is 0 Å². The molecule has 4 nitrogen and oxygen atoms in total. The van der Waals surface area contributed by atoms with Crippen molar-refractivity contribution in [2.75, 3.05) is 53.5 Å². The molecule has 0 aromatic carbocycles. The van der Waals surface area contributed by atoms with Gasteiger partial charge >= 0.3 is 0 Å². The molecule has 4 heteroatoms. The zero-order valence-corrected chi connectivity index (χ0v) is 13.3. The zero-order valence-electron chi connectivity index (χ0n) is 13.3. The fraction of sp³-hybridized carbons (Fsp3) is 1.00. The molecule has 1 aliphatic rings. The van der Waals surface area contributed by atoms with E-state index in [2.05, 4.69) is 43.1 Å². The number of nitrogens with zero attached hydrogens (tertiary/aromatic N) is 2. The average molecular weight is 271 g/mol. The van der Waals surface area contributed by atoms with Crippen molar-refractivity contribution in [3.63, 3.8) is 0 Å². The number of likely N-dealkylation sites (tertiary alicyclic amines) is 1. The second-order valence-corrected chi connectivity index (χ2v) is 5.98. The van der Waals surface area contributed by atoms with E-state index in [1.165, 1.54) is 25.8 Å². The van der Waals surface area contributed by atoms with E-state index in [0.29, 0.717) is 6.04 Å². The molecular weight excluding hydrogens is 238 g/mol. The molecule has 0 radical (unpaired) electrons. The van der Waals surface area contributed by atoms with Crippen LogP contribution in [0.5, 0.6) is 0 Å². The first-order valence-electron chi connectivity index (χ1n) is 7.83. The second kappa shape index (κ2) is 9.70. The number of piperidine rings is 1. The Balaban J connectivity index is 2.08. The Labute approximate surface area is 119 Å². The Morgan fingerprint density at radius 2 is 2.11 bits per heavy atom. The molecule has 0 saturated carbocycles. The van der Waals surface area contributed by atoms with Crippen molar-refractivity contribution in [1.82, 2.24) is 15.1 Å². The van der Waals surface area contributed by atoms with E-state index < -0.39 is 0 Å². The van der Waals surface area contributed by atoms with Crippen molar-refractivity contribution in [1.29, 1.82) is 0 Å². The molecule has 0 aliphatic carbocycles. The monoisotopic (exact) mass is 271 g/mol. The van der Waals surface area contributed by atoms with Crippen molar-refractivity contribution in [3.05, 3.63) is 0 Å². The third-order valence-corrected chi connectivity index (χ3v) is 3.90. The standard InChI is InChI=1S/C15H33N3O/c1-5-7-16-15-6-8-18(14(2)13-15)10-12-19-11-9-17(3)4/h14-16H,5-13H2,1-4H3. The van der Waals surface area contributed by atoms with Crippen LogP contribution < -0.4 is 5.32 Å². The van der Waals surface area contributed by atoms with Gasteiger partial charge in [-0.2, -0.15) is 0 Å². The molecule has 0 aromatic heterocycles. The van der Waals surface area contributed by atoms with Gasteiger partial charge in [-0.3, -0.25) is 4.90 Å². The van der Waals surface area contributed by atoms with Gasteiger partial charge in [0.15, 0.2) is 0 Å². The van der Waals surface area contributed by atoms with Gasteiger partial charge in [0.05, 0.1) is 13.2 Å². The first kappa shape index (κ1) is 16.9. The van der Waals surface area contributed by atoms with E-state index in [9.17, 15) is 0 Å². The SMILES string of the molecule is CCCNC1CCN(CCOCCN(C)C)C(C)C1. The Morgan fingerprint density at radius 3 is 2.74 bits per heavy atom. The topological polar surface area (TPSA) is 27.7 Å². The van der Waals surface area contributed by atoms with Gasteiger partial charge in [0.2, 0.25) is 0 Å². The molecule has 1 aliphatic heterocycles. The summed E-state index contributed by atoms with van der Waals surface area (Å²) < 4.78 is 5.69. The summed E-state index contributed by atoms with van der Waals surface area (Å²) in [5.74, 6) is 0. The fourth-order valence-corrected chi connectivity index (χ4v) is 2.62. The number of nitrogens with one attached hydrogen (secondary N) is 1. The summed E-state index contributed by atoms with van der Waals surface area (Å²) in [5.41, 5.74) is 0. The summed E-state index contributed by atoms with van der Waals surface area (Å²) in [6, 6.07) is 1.40. The summed E-state index contributed by atoms with van der Waals surface area (Å²) in [7, 11) is 4.17. The minimum atomic E-state index is 0.681. The molecule has 1 rings (SSSR count). The third kappa shape index (κ3) is 7.25. The smallest absolute Gasteiger partial charge is 0.0594 e. The Hall–Kier alpha value is -0.160. The first-order chi connectivity index (χ1) is 9.13. The minimum Gasteiger partial charge on any atom is -0.379 e. The summed E-state index contributed by atoms with van der Waals surface area (Å²) in [5, 5.41) is 3.65. The van der Waals surface area contributed by atoms with Crippen molar-refractivity contribution < 1.29 is 4.74 Å². The summed E-state index contributed by atoms with van der Waals surface area (Å²) in [4.78, 5) is 4.73. The van der Waals surface area contributed by atoms with Gasteiger partial charge in [-0.15, -0.1) is 0 Å². The highest BCUT2D eigenvalue weighted by Gasteiger charge is 2.24. The van der Waals surface area contributed by atoms with Crippen LogP contribution in [-0.4, -0.2) is 75.4 Å². The predicted octanol–water partition coefficient (Wildman–Crippen LogP) is 1.42. The zero-order chi connectivity index (χ0) is 14.1. The van der Waals surface area contributed by atoms with Gasteiger partial charge < -0.3 is 15.0 Å². The van der Waals surface area contributed by atoms with Crippen molar-refractivity contribution in [2.24, 2.45) is 0 Å². The highest BCUT2D eigenvalue weighted by molar-refractivity contribution is 4.82. The highest BCUT2D eigenvalue weighted by atomic mass is 16.5. The maximum atomic E-state index is 5.69. The van der Waals surface area contributed by atoms with Crippen LogP contribution in [0.3, 0.4) is 0 Å².